The summed E-state index contributed by atoms with van der Waals surface area (Å²) in [7, 11) is 0. The van der Waals surface area contributed by atoms with Gasteiger partial charge in [-0.05, 0) is 43.7 Å². The minimum Gasteiger partial charge on any atom is -0.468 e. The lowest BCUT2D eigenvalue weighted by molar-refractivity contribution is -0.137. The molecule has 5 nitrogen and oxygen atoms in total. The van der Waals surface area contributed by atoms with Gasteiger partial charge in [0.15, 0.2) is 0 Å². The van der Waals surface area contributed by atoms with Crippen LogP contribution in [0.25, 0.3) is 0 Å². The Morgan fingerprint density at radius 3 is 2.71 bits per heavy atom. The lowest BCUT2D eigenvalue weighted by atomic mass is 9.87. The molecule has 0 aromatic heterocycles. The van der Waals surface area contributed by atoms with E-state index in [1.807, 2.05) is 12.1 Å². The van der Waals surface area contributed by atoms with Gasteiger partial charge in [-0.2, -0.15) is 0 Å². The highest BCUT2D eigenvalue weighted by Gasteiger charge is 2.35. The SMILES string of the molecule is CC1CCC(NC(=O)C2Oc3ccccc3NC2=O)CC1. The number of fused-ring (bicyclic) bond motifs is 1. The zero-order valence-electron chi connectivity index (χ0n) is 12.1. The molecule has 0 saturated heterocycles. The summed E-state index contributed by atoms with van der Waals surface area (Å²) in [6.45, 7) is 2.23. The van der Waals surface area contributed by atoms with E-state index in [2.05, 4.69) is 17.6 Å². The smallest absolute Gasteiger partial charge is 0.275 e. The molecule has 2 N–H and O–H groups in total. The van der Waals surface area contributed by atoms with Crippen molar-refractivity contribution in [1.29, 1.82) is 0 Å². The second-order valence-corrected chi connectivity index (χ2v) is 5.95. The predicted octanol–water partition coefficient (Wildman–Crippen LogP) is 2.08. The molecule has 1 saturated carbocycles. The van der Waals surface area contributed by atoms with Crippen molar-refractivity contribution < 1.29 is 14.3 Å². The summed E-state index contributed by atoms with van der Waals surface area (Å²) in [5.74, 6) is 0.505. The molecule has 0 radical (unpaired) electrons. The first-order valence-corrected chi connectivity index (χ1v) is 7.50. The van der Waals surface area contributed by atoms with Gasteiger partial charge in [-0.3, -0.25) is 9.59 Å². The quantitative estimate of drug-likeness (QED) is 0.819. The molecule has 2 aliphatic rings. The Morgan fingerprint density at radius 2 is 1.95 bits per heavy atom. The highest BCUT2D eigenvalue weighted by Crippen LogP contribution is 2.29. The maximum Gasteiger partial charge on any atom is 0.275 e. The number of nitrogens with one attached hydrogen (secondary N) is 2. The molecule has 1 aromatic rings. The summed E-state index contributed by atoms with van der Waals surface area (Å²) in [4.78, 5) is 24.3. The summed E-state index contributed by atoms with van der Waals surface area (Å²) in [5.41, 5.74) is 0.609. The van der Waals surface area contributed by atoms with Crippen molar-refractivity contribution in [3.63, 3.8) is 0 Å². The molecular formula is C16H20N2O3. The second-order valence-electron chi connectivity index (χ2n) is 5.95. The summed E-state index contributed by atoms with van der Waals surface area (Å²) >= 11 is 0. The highest BCUT2D eigenvalue weighted by atomic mass is 16.5. The molecule has 21 heavy (non-hydrogen) atoms. The third-order valence-corrected chi connectivity index (χ3v) is 4.23. The van der Waals surface area contributed by atoms with E-state index in [1.165, 1.54) is 0 Å². The molecule has 1 aliphatic carbocycles. The van der Waals surface area contributed by atoms with E-state index in [9.17, 15) is 9.59 Å². The van der Waals surface area contributed by atoms with Crippen molar-refractivity contribution in [2.75, 3.05) is 5.32 Å². The molecule has 112 valence electrons. The van der Waals surface area contributed by atoms with Crippen LogP contribution in [0.1, 0.15) is 32.6 Å². The lowest BCUT2D eigenvalue weighted by Crippen LogP contribution is -2.51. The maximum atomic E-state index is 12.3. The van der Waals surface area contributed by atoms with Crippen molar-refractivity contribution in [2.24, 2.45) is 5.92 Å². The second kappa shape index (κ2) is 5.76. The van der Waals surface area contributed by atoms with E-state index in [-0.39, 0.29) is 11.9 Å². The maximum absolute atomic E-state index is 12.3. The molecule has 1 unspecified atom stereocenters. The van der Waals surface area contributed by atoms with Crippen LogP contribution >= 0.6 is 0 Å². The Labute approximate surface area is 124 Å². The first-order valence-electron chi connectivity index (χ1n) is 7.50. The van der Waals surface area contributed by atoms with Crippen molar-refractivity contribution in [2.45, 2.75) is 44.8 Å². The van der Waals surface area contributed by atoms with Gasteiger partial charge in [0.1, 0.15) is 5.75 Å². The first kappa shape index (κ1) is 13.9. The number of benzene rings is 1. The molecule has 1 fully saturated rings. The average Bonchev–Trinajstić information content (AvgIpc) is 2.49. The minimum atomic E-state index is -1.10. The summed E-state index contributed by atoms with van der Waals surface area (Å²) in [6.07, 6.45) is 3.08. The Bertz CT molecular complexity index is 550. The topological polar surface area (TPSA) is 67.4 Å². The molecule has 1 aliphatic heterocycles. The average molecular weight is 288 g/mol. The fourth-order valence-corrected chi connectivity index (χ4v) is 2.91. The van der Waals surface area contributed by atoms with Crippen molar-refractivity contribution in [3.05, 3.63) is 24.3 Å². The third-order valence-electron chi connectivity index (χ3n) is 4.23. The number of ether oxygens (including phenoxy) is 1. The van der Waals surface area contributed by atoms with Crippen LogP contribution in [-0.4, -0.2) is 24.0 Å². The van der Waals surface area contributed by atoms with Crippen LogP contribution in [0.4, 0.5) is 5.69 Å². The van der Waals surface area contributed by atoms with Crippen LogP contribution in [0.5, 0.6) is 5.75 Å². The summed E-state index contributed by atoms with van der Waals surface area (Å²) in [5, 5.41) is 5.66. The Morgan fingerprint density at radius 1 is 1.24 bits per heavy atom. The van der Waals surface area contributed by atoms with E-state index in [4.69, 9.17) is 4.74 Å². The van der Waals surface area contributed by atoms with Gasteiger partial charge >= 0.3 is 0 Å². The minimum absolute atomic E-state index is 0.155. The summed E-state index contributed by atoms with van der Waals surface area (Å²) in [6, 6.07) is 7.28. The van der Waals surface area contributed by atoms with Gasteiger partial charge in [0.2, 0.25) is 0 Å². The number of hydrogen-bond acceptors (Lipinski definition) is 3. The van der Waals surface area contributed by atoms with Gasteiger partial charge in [0.05, 0.1) is 5.69 Å². The number of para-hydroxylation sites is 2. The zero-order valence-corrected chi connectivity index (χ0v) is 12.1. The van der Waals surface area contributed by atoms with Crippen LogP contribution < -0.4 is 15.4 Å². The molecule has 2 amide bonds. The normalized spacial score (nSPS) is 28.0. The molecule has 5 heteroatoms. The largest absolute Gasteiger partial charge is 0.468 e. The molecule has 3 rings (SSSR count). The van der Waals surface area contributed by atoms with Crippen LogP contribution in [0.2, 0.25) is 0 Å². The molecule has 0 bridgehead atoms. The highest BCUT2D eigenvalue weighted by molar-refractivity contribution is 6.11. The van der Waals surface area contributed by atoms with Crippen molar-refractivity contribution >= 4 is 17.5 Å². The Hall–Kier alpha value is -2.04. The number of hydrogen-bond donors (Lipinski definition) is 2. The predicted molar refractivity (Wildman–Crippen MR) is 79.1 cm³/mol. The molecular weight excluding hydrogens is 268 g/mol. The molecule has 0 spiro atoms. The molecule has 1 aromatic carbocycles. The van der Waals surface area contributed by atoms with Gasteiger partial charge in [-0.15, -0.1) is 0 Å². The van der Waals surface area contributed by atoms with Gasteiger partial charge in [0, 0.05) is 6.04 Å². The fourth-order valence-electron chi connectivity index (χ4n) is 2.91. The number of carbonyl (C=O) groups excluding carboxylic acids is 2. The number of anilines is 1. The monoisotopic (exact) mass is 288 g/mol. The standard InChI is InChI=1S/C16H20N2O3/c1-10-6-8-11(9-7-10)17-15(19)14-16(20)18-12-4-2-3-5-13(12)21-14/h2-5,10-11,14H,6-9H2,1H3,(H,17,19)(H,18,20). The van der Waals surface area contributed by atoms with Crippen LogP contribution in [0.3, 0.4) is 0 Å². The third kappa shape index (κ3) is 3.01. The molecule has 1 atom stereocenters. The van der Waals surface area contributed by atoms with Crippen molar-refractivity contribution in [1.82, 2.24) is 5.32 Å². The van der Waals surface area contributed by atoms with E-state index >= 15 is 0 Å². The van der Waals surface area contributed by atoms with Crippen LogP contribution in [0, 0.1) is 5.92 Å². The van der Waals surface area contributed by atoms with Gasteiger partial charge in [-0.1, -0.05) is 19.1 Å². The van der Waals surface area contributed by atoms with E-state index in [0.717, 1.165) is 31.6 Å². The Kier molecular flexibility index (Phi) is 3.82. The van der Waals surface area contributed by atoms with E-state index < -0.39 is 12.0 Å². The lowest BCUT2D eigenvalue weighted by Gasteiger charge is -2.30. The number of rotatable bonds is 2. The number of amides is 2. The Balaban J connectivity index is 1.64. The zero-order chi connectivity index (χ0) is 14.8. The van der Waals surface area contributed by atoms with E-state index in [1.54, 1.807) is 12.1 Å². The fraction of sp³-hybridized carbons (Fsp3) is 0.500. The number of carbonyl (C=O) groups is 2. The summed E-state index contributed by atoms with van der Waals surface area (Å²) < 4.78 is 5.54. The van der Waals surface area contributed by atoms with Crippen molar-refractivity contribution in [3.8, 4) is 5.75 Å². The first-order chi connectivity index (χ1) is 10.1. The van der Waals surface area contributed by atoms with Crippen LogP contribution in [0.15, 0.2) is 24.3 Å². The van der Waals surface area contributed by atoms with Gasteiger partial charge in [-0.25, -0.2) is 0 Å². The van der Waals surface area contributed by atoms with Crippen LogP contribution in [-0.2, 0) is 9.59 Å². The van der Waals surface area contributed by atoms with Gasteiger partial charge < -0.3 is 15.4 Å². The van der Waals surface area contributed by atoms with E-state index in [0.29, 0.717) is 11.4 Å². The molecule has 1 heterocycles. The van der Waals surface area contributed by atoms with Gasteiger partial charge in [0.25, 0.3) is 17.9 Å².